The van der Waals surface area contributed by atoms with Crippen LogP contribution in [0.5, 0.6) is 0 Å². The van der Waals surface area contributed by atoms with Crippen molar-refractivity contribution in [3.05, 3.63) is 41.5 Å². The second kappa shape index (κ2) is 4.60. The summed E-state index contributed by atoms with van der Waals surface area (Å²) in [5, 5.41) is 0. The maximum atomic E-state index is 12.0. The lowest BCUT2D eigenvalue weighted by molar-refractivity contribution is -0.0145. The first-order valence-corrected chi connectivity index (χ1v) is 6.69. The van der Waals surface area contributed by atoms with E-state index in [0.29, 0.717) is 12.2 Å². The molecule has 0 saturated carbocycles. The first-order chi connectivity index (χ1) is 7.99. The van der Waals surface area contributed by atoms with Gasteiger partial charge in [0, 0.05) is 0 Å². The van der Waals surface area contributed by atoms with Crippen LogP contribution in [0.1, 0.15) is 11.1 Å². The summed E-state index contributed by atoms with van der Waals surface area (Å²) in [6.45, 7) is 4.04. The fourth-order valence-electron chi connectivity index (χ4n) is 1.69. The predicted molar refractivity (Wildman–Crippen MR) is 63.1 cm³/mol. The quantitative estimate of drug-likeness (QED) is 0.611. The number of ether oxygens (including phenoxy) is 1. The van der Waals surface area contributed by atoms with Crippen LogP contribution in [0.2, 0.25) is 0 Å². The molecule has 0 bridgehead atoms. The van der Waals surface area contributed by atoms with Gasteiger partial charge in [-0.25, -0.2) is 4.18 Å². The number of hydrogen-bond donors (Lipinski definition) is 0. The molecular formula is C12H14O4S. The second-order valence-electron chi connectivity index (χ2n) is 3.95. The van der Waals surface area contributed by atoms with E-state index >= 15 is 0 Å². The Morgan fingerprint density at radius 3 is 2.71 bits per heavy atom. The zero-order valence-corrected chi connectivity index (χ0v) is 10.5. The minimum Gasteiger partial charge on any atom is -0.344 e. The Morgan fingerprint density at radius 1 is 1.35 bits per heavy atom. The first-order valence-electron chi connectivity index (χ1n) is 5.28. The Labute approximate surface area is 101 Å². The van der Waals surface area contributed by atoms with E-state index in [1.807, 2.05) is 13.0 Å². The summed E-state index contributed by atoms with van der Waals surface area (Å²) in [4.78, 5) is 0.187. The Hall–Kier alpha value is -1.17. The first kappa shape index (κ1) is 12.3. The maximum absolute atomic E-state index is 12.0. The molecule has 1 aliphatic heterocycles. The Morgan fingerprint density at radius 2 is 2.12 bits per heavy atom. The third-order valence-electron chi connectivity index (χ3n) is 2.47. The van der Waals surface area contributed by atoms with E-state index in [-0.39, 0.29) is 4.90 Å². The van der Waals surface area contributed by atoms with Crippen LogP contribution in [-0.2, 0) is 19.0 Å². The largest absolute Gasteiger partial charge is 0.344 e. The van der Waals surface area contributed by atoms with E-state index < -0.39 is 16.4 Å². The van der Waals surface area contributed by atoms with Crippen LogP contribution < -0.4 is 0 Å². The van der Waals surface area contributed by atoms with Crippen molar-refractivity contribution in [2.75, 3.05) is 6.61 Å². The van der Waals surface area contributed by atoms with Gasteiger partial charge in [-0.1, -0.05) is 23.8 Å². The molecule has 2 rings (SSSR count). The number of benzene rings is 1. The van der Waals surface area contributed by atoms with E-state index in [1.165, 1.54) is 0 Å². The van der Waals surface area contributed by atoms with Crippen molar-refractivity contribution in [1.82, 2.24) is 0 Å². The average molecular weight is 254 g/mol. The van der Waals surface area contributed by atoms with Crippen LogP contribution in [-0.4, -0.2) is 21.3 Å². The van der Waals surface area contributed by atoms with Gasteiger partial charge in [0.15, 0.2) is 6.29 Å². The highest BCUT2D eigenvalue weighted by atomic mass is 32.2. The van der Waals surface area contributed by atoms with E-state index in [1.54, 1.807) is 31.2 Å². The summed E-state index contributed by atoms with van der Waals surface area (Å²) >= 11 is 0. The molecule has 1 aliphatic rings. The van der Waals surface area contributed by atoms with Gasteiger partial charge in [-0.15, -0.1) is 0 Å². The molecule has 92 valence electrons. The third kappa shape index (κ3) is 2.74. The highest BCUT2D eigenvalue weighted by molar-refractivity contribution is 7.86. The van der Waals surface area contributed by atoms with Crippen LogP contribution in [0.4, 0.5) is 0 Å². The normalized spacial score (nSPS) is 19.8. The van der Waals surface area contributed by atoms with E-state index in [0.717, 1.165) is 5.56 Å². The van der Waals surface area contributed by atoms with Gasteiger partial charge < -0.3 is 4.74 Å². The number of rotatable bonds is 3. The number of aryl methyl sites for hydroxylation is 2. The second-order valence-corrected chi connectivity index (χ2v) is 5.49. The molecule has 1 atom stereocenters. The van der Waals surface area contributed by atoms with Crippen molar-refractivity contribution < 1.29 is 17.3 Å². The lowest BCUT2D eigenvalue weighted by atomic mass is 10.2. The van der Waals surface area contributed by atoms with Crippen molar-refractivity contribution in [3.63, 3.8) is 0 Å². The zero-order chi connectivity index (χ0) is 12.5. The molecular weight excluding hydrogens is 240 g/mol. The highest BCUT2D eigenvalue weighted by Crippen LogP contribution is 2.21. The lowest BCUT2D eigenvalue weighted by Gasteiger charge is -2.12. The lowest BCUT2D eigenvalue weighted by Crippen LogP contribution is -2.17. The van der Waals surface area contributed by atoms with Crippen molar-refractivity contribution in [2.45, 2.75) is 25.0 Å². The van der Waals surface area contributed by atoms with Crippen LogP contribution in [0.15, 0.2) is 35.2 Å². The summed E-state index contributed by atoms with van der Waals surface area (Å²) in [5.74, 6) is 0. The van der Waals surface area contributed by atoms with Crippen molar-refractivity contribution in [1.29, 1.82) is 0 Å². The molecule has 0 radical (unpaired) electrons. The zero-order valence-electron chi connectivity index (χ0n) is 9.71. The monoisotopic (exact) mass is 254 g/mol. The summed E-state index contributed by atoms with van der Waals surface area (Å²) in [5.41, 5.74) is 1.69. The molecule has 1 heterocycles. The highest BCUT2D eigenvalue weighted by Gasteiger charge is 2.23. The molecule has 0 amide bonds. The van der Waals surface area contributed by atoms with E-state index in [2.05, 4.69) is 0 Å². The number of hydrogen-bond acceptors (Lipinski definition) is 4. The summed E-state index contributed by atoms with van der Waals surface area (Å²) in [6.07, 6.45) is 2.50. The van der Waals surface area contributed by atoms with Gasteiger partial charge in [-0.05, 0) is 31.6 Å². The van der Waals surface area contributed by atoms with Gasteiger partial charge in [-0.2, -0.15) is 8.42 Å². The van der Waals surface area contributed by atoms with Gasteiger partial charge in [-0.3, -0.25) is 0 Å². The minimum absolute atomic E-state index is 0.187. The summed E-state index contributed by atoms with van der Waals surface area (Å²) < 4.78 is 34.0. The molecule has 17 heavy (non-hydrogen) atoms. The molecule has 0 N–H and O–H groups in total. The van der Waals surface area contributed by atoms with Crippen LogP contribution >= 0.6 is 0 Å². The molecule has 0 aliphatic carbocycles. The molecule has 5 heteroatoms. The molecule has 1 aromatic carbocycles. The van der Waals surface area contributed by atoms with Gasteiger partial charge in [0.1, 0.15) is 0 Å². The van der Waals surface area contributed by atoms with Gasteiger partial charge in [0.25, 0.3) is 10.1 Å². The SMILES string of the molecule is Cc1ccc(S(=O)(=O)O[C@H]2C=CCO2)c(C)c1. The Kier molecular flexibility index (Phi) is 3.33. The molecule has 0 aromatic heterocycles. The third-order valence-corrected chi connectivity index (χ3v) is 3.91. The molecule has 1 aromatic rings. The van der Waals surface area contributed by atoms with Crippen molar-refractivity contribution in [3.8, 4) is 0 Å². The van der Waals surface area contributed by atoms with Gasteiger partial charge in [0.2, 0.25) is 0 Å². The molecule has 4 nitrogen and oxygen atoms in total. The van der Waals surface area contributed by atoms with E-state index in [4.69, 9.17) is 8.92 Å². The molecule has 0 unspecified atom stereocenters. The molecule has 0 saturated heterocycles. The average Bonchev–Trinajstić information content (AvgIpc) is 2.68. The van der Waals surface area contributed by atoms with Crippen molar-refractivity contribution >= 4 is 10.1 Å². The van der Waals surface area contributed by atoms with Crippen LogP contribution in [0, 0.1) is 13.8 Å². The standard InChI is InChI=1S/C12H14O4S/c1-9-5-6-11(10(2)8-9)17(13,14)16-12-4-3-7-15-12/h3-6,8,12H,7H2,1-2H3/t12-/m0/s1. The maximum Gasteiger partial charge on any atom is 0.299 e. The van der Waals surface area contributed by atoms with Gasteiger partial charge in [0.05, 0.1) is 11.5 Å². The van der Waals surface area contributed by atoms with Crippen LogP contribution in [0.3, 0.4) is 0 Å². The van der Waals surface area contributed by atoms with Crippen molar-refractivity contribution in [2.24, 2.45) is 0 Å². The topological polar surface area (TPSA) is 52.6 Å². The van der Waals surface area contributed by atoms with Gasteiger partial charge >= 0.3 is 0 Å². The fraction of sp³-hybridized carbons (Fsp3) is 0.333. The summed E-state index contributed by atoms with van der Waals surface area (Å²) in [6, 6.07) is 5.11. The van der Waals surface area contributed by atoms with E-state index in [9.17, 15) is 8.42 Å². The predicted octanol–water partition coefficient (Wildman–Crippen LogP) is 1.92. The minimum atomic E-state index is -3.77. The molecule has 0 spiro atoms. The van der Waals surface area contributed by atoms with Crippen LogP contribution in [0.25, 0.3) is 0 Å². The smallest absolute Gasteiger partial charge is 0.299 e. The Balaban J connectivity index is 2.28. The molecule has 0 fully saturated rings. The fourth-order valence-corrected chi connectivity index (χ4v) is 2.85. The summed E-state index contributed by atoms with van der Waals surface area (Å²) in [7, 11) is -3.77. The Bertz CT molecular complexity index is 546.